The minimum Gasteiger partial charge on any atom is -0.338 e. The number of piperidine rings is 1. The Bertz CT molecular complexity index is 959. The van der Waals surface area contributed by atoms with Gasteiger partial charge in [-0.3, -0.25) is 4.79 Å². The smallest absolute Gasteiger partial charge is 0.338 e. The maximum Gasteiger partial charge on any atom is 0.350 e. The highest BCUT2D eigenvalue weighted by atomic mass is 32.1. The number of hydrogen-bond donors (Lipinski definition) is 0. The van der Waals surface area contributed by atoms with Crippen LogP contribution in [0.5, 0.6) is 0 Å². The van der Waals surface area contributed by atoms with Crippen LogP contribution in [0.2, 0.25) is 0 Å². The summed E-state index contributed by atoms with van der Waals surface area (Å²) < 4.78 is 3.05. The molecule has 0 aliphatic carbocycles. The van der Waals surface area contributed by atoms with Gasteiger partial charge < -0.3 is 4.90 Å². The standard InChI is InChI=1S/C19H20N4O2S/c1-21-19(25)23(16-7-3-2-4-8-16)17(20-21)14-6-5-10-22(12-14)18(24)15-9-11-26-13-15/h2-4,7-9,11,13-14H,5-6,10,12H2,1H3/t14-/m1/s1. The van der Waals surface area contributed by atoms with Crippen LogP contribution in [0.15, 0.2) is 52.0 Å². The lowest BCUT2D eigenvalue weighted by Crippen LogP contribution is -2.39. The van der Waals surface area contributed by atoms with Crippen LogP contribution in [-0.2, 0) is 7.05 Å². The number of likely N-dealkylation sites (tertiary alicyclic amines) is 1. The van der Waals surface area contributed by atoms with E-state index in [1.165, 1.54) is 16.0 Å². The fraction of sp³-hybridized carbons (Fsp3) is 0.316. The number of carbonyl (C=O) groups is 1. The predicted molar refractivity (Wildman–Crippen MR) is 101 cm³/mol. The van der Waals surface area contributed by atoms with E-state index in [0.717, 1.165) is 36.5 Å². The quantitative estimate of drug-likeness (QED) is 0.714. The number of carbonyl (C=O) groups excluding carboxylic acids is 1. The first-order chi connectivity index (χ1) is 12.6. The molecule has 26 heavy (non-hydrogen) atoms. The van der Waals surface area contributed by atoms with Gasteiger partial charge in [0.05, 0.1) is 11.3 Å². The second kappa shape index (κ2) is 6.92. The Morgan fingerprint density at radius 2 is 2.04 bits per heavy atom. The number of aryl methyl sites for hydroxylation is 1. The zero-order valence-electron chi connectivity index (χ0n) is 14.5. The van der Waals surface area contributed by atoms with Crippen molar-refractivity contribution >= 4 is 17.2 Å². The highest BCUT2D eigenvalue weighted by molar-refractivity contribution is 7.08. The molecule has 1 fully saturated rings. The van der Waals surface area contributed by atoms with Gasteiger partial charge in [-0.05, 0) is 36.4 Å². The molecule has 0 radical (unpaired) electrons. The van der Waals surface area contributed by atoms with Crippen molar-refractivity contribution in [3.8, 4) is 5.69 Å². The highest BCUT2D eigenvalue weighted by Crippen LogP contribution is 2.27. The molecular formula is C19H20N4O2S. The third kappa shape index (κ3) is 2.99. The molecule has 7 heteroatoms. The van der Waals surface area contributed by atoms with Crippen molar-refractivity contribution in [2.75, 3.05) is 13.1 Å². The van der Waals surface area contributed by atoms with Crippen LogP contribution in [0.3, 0.4) is 0 Å². The van der Waals surface area contributed by atoms with Gasteiger partial charge in [-0.1, -0.05) is 18.2 Å². The molecule has 0 saturated carbocycles. The number of aromatic nitrogens is 3. The number of amides is 1. The van der Waals surface area contributed by atoms with Gasteiger partial charge in [0.1, 0.15) is 5.82 Å². The van der Waals surface area contributed by atoms with Gasteiger partial charge in [0.25, 0.3) is 5.91 Å². The summed E-state index contributed by atoms with van der Waals surface area (Å²) >= 11 is 1.53. The lowest BCUT2D eigenvalue weighted by Gasteiger charge is -2.32. The predicted octanol–water partition coefficient (Wildman–Crippen LogP) is 2.65. The van der Waals surface area contributed by atoms with Crippen LogP contribution >= 0.6 is 11.3 Å². The van der Waals surface area contributed by atoms with E-state index in [2.05, 4.69) is 5.10 Å². The summed E-state index contributed by atoms with van der Waals surface area (Å²) in [5.41, 5.74) is 1.38. The van der Waals surface area contributed by atoms with Gasteiger partial charge >= 0.3 is 5.69 Å². The van der Waals surface area contributed by atoms with Crippen molar-refractivity contribution in [2.24, 2.45) is 7.05 Å². The minimum absolute atomic E-state index is 0.0421. The maximum absolute atomic E-state index is 12.7. The Kier molecular flexibility index (Phi) is 4.46. The Labute approximate surface area is 155 Å². The number of rotatable bonds is 3. The van der Waals surface area contributed by atoms with Gasteiger partial charge in [0, 0.05) is 31.4 Å². The van der Waals surface area contributed by atoms with Crippen LogP contribution in [0, 0.1) is 0 Å². The third-order valence-corrected chi connectivity index (χ3v) is 5.49. The number of benzene rings is 1. The minimum atomic E-state index is -0.160. The van der Waals surface area contributed by atoms with E-state index in [-0.39, 0.29) is 17.5 Å². The topological polar surface area (TPSA) is 60.1 Å². The SMILES string of the molecule is Cn1nc([C@@H]2CCCN(C(=O)c3ccsc3)C2)n(-c2ccccc2)c1=O. The van der Waals surface area contributed by atoms with Crippen molar-refractivity contribution < 1.29 is 4.79 Å². The van der Waals surface area contributed by atoms with Crippen LogP contribution < -0.4 is 5.69 Å². The fourth-order valence-corrected chi connectivity index (χ4v) is 4.14. The first-order valence-electron chi connectivity index (χ1n) is 8.68. The molecule has 3 aromatic rings. The zero-order valence-corrected chi connectivity index (χ0v) is 15.4. The number of hydrogen-bond acceptors (Lipinski definition) is 4. The summed E-state index contributed by atoms with van der Waals surface area (Å²) in [6.07, 6.45) is 1.82. The molecule has 0 bridgehead atoms. The number of thiophene rings is 1. The van der Waals surface area contributed by atoms with E-state index in [0.29, 0.717) is 6.54 Å². The average molecular weight is 368 g/mol. The van der Waals surface area contributed by atoms with Crippen molar-refractivity contribution in [3.63, 3.8) is 0 Å². The van der Waals surface area contributed by atoms with Crippen LogP contribution in [0.25, 0.3) is 5.69 Å². The summed E-state index contributed by atoms with van der Waals surface area (Å²) in [5, 5.41) is 8.30. The molecule has 6 nitrogen and oxygen atoms in total. The van der Waals surface area contributed by atoms with E-state index in [4.69, 9.17) is 0 Å². The Morgan fingerprint density at radius 1 is 1.23 bits per heavy atom. The summed E-state index contributed by atoms with van der Waals surface area (Å²) in [6, 6.07) is 11.4. The molecule has 1 aromatic carbocycles. The molecule has 1 amide bonds. The highest BCUT2D eigenvalue weighted by Gasteiger charge is 2.30. The number of para-hydroxylation sites is 1. The summed E-state index contributed by atoms with van der Waals surface area (Å²) in [6.45, 7) is 1.32. The summed E-state index contributed by atoms with van der Waals surface area (Å²) in [7, 11) is 1.67. The largest absolute Gasteiger partial charge is 0.350 e. The molecular weight excluding hydrogens is 348 g/mol. The Hall–Kier alpha value is -2.67. The van der Waals surface area contributed by atoms with Crippen molar-refractivity contribution in [3.05, 3.63) is 69.0 Å². The first-order valence-corrected chi connectivity index (χ1v) is 9.62. The molecule has 1 atom stereocenters. The summed E-state index contributed by atoms with van der Waals surface area (Å²) in [5.74, 6) is 0.826. The third-order valence-electron chi connectivity index (χ3n) is 4.81. The molecule has 134 valence electrons. The zero-order chi connectivity index (χ0) is 18.1. The van der Waals surface area contributed by atoms with Crippen LogP contribution in [-0.4, -0.2) is 38.2 Å². The molecule has 0 spiro atoms. The molecule has 4 rings (SSSR count). The molecule has 0 N–H and O–H groups in total. The molecule has 2 aromatic heterocycles. The molecule has 1 saturated heterocycles. The van der Waals surface area contributed by atoms with E-state index in [1.807, 2.05) is 52.1 Å². The van der Waals surface area contributed by atoms with E-state index >= 15 is 0 Å². The lowest BCUT2D eigenvalue weighted by molar-refractivity contribution is 0.0704. The monoisotopic (exact) mass is 368 g/mol. The second-order valence-corrected chi connectivity index (χ2v) is 7.32. The Balaban J connectivity index is 1.67. The van der Waals surface area contributed by atoms with E-state index in [1.54, 1.807) is 11.6 Å². The van der Waals surface area contributed by atoms with Gasteiger partial charge in [0.2, 0.25) is 0 Å². The van der Waals surface area contributed by atoms with Crippen LogP contribution in [0.1, 0.15) is 34.9 Å². The lowest BCUT2D eigenvalue weighted by atomic mass is 9.96. The molecule has 0 unspecified atom stereocenters. The van der Waals surface area contributed by atoms with Crippen molar-refractivity contribution in [1.29, 1.82) is 0 Å². The molecule has 1 aliphatic rings. The van der Waals surface area contributed by atoms with E-state index in [9.17, 15) is 9.59 Å². The van der Waals surface area contributed by atoms with Gasteiger partial charge in [0.15, 0.2) is 0 Å². The normalized spacial score (nSPS) is 17.4. The summed E-state index contributed by atoms with van der Waals surface area (Å²) in [4.78, 5) is 27.2. The van der Waals surface area contributed by atoms with Gasteiger partial charge in [-0.25, -0.2) is 14.0 Å². The maximum atomic E-state index is 12.7. The fourth-order valence-electron chi connectivity index (χ4n) is 3.51. The second-order valence-electron chi connectivity index (χ2n) is 6.54. The molecule has 1 aliphatic heterocycles. The van der Waals surface area contributed by atoms with Gasteiger partial charge in [-0.2, -0.15) is 16.4 Å². The molecule has 3 heterocycles. The van der Waals surface area contributed by atoms with Crippen molar-refractivity contribution in [1.82, 2.24) is 19.2 Å². The number of nitrogens with zero attached hydrogens (tertiary/aromatic N) is 4. The van der Waals surface area contributed by atoms with Gasteiger partial charge in [-0.15, -0.1) is 0 Å². The average Bonchev–Trinajstić information content (AvgIpc) is 3.31. The first kappa shape index (κ1) is 16.8. The Morgan fingerprint density at radius 3 is 2.77 bits per heavy atom. The van der Waals surface area contributed by atoms with Crippen molar-refractivity contribution in [2.45, 2.75) is 18.8 Å². The van der Waals surface area contributed by atoms with Crippen LogP contribution in [0.4, 0.5) is 0 Å². The van der Waals surface area contributed by atoms with E-state index < -0.39 is 0 Å².